The van der Waals surface area contributed by atoms with Gasteiger partial charge in [-0.1, -0.05) is 17.7 Å². The molecule has 24 heavy (non-hydrogen) atoms. The SMILES string of the molecule is Cc1ccc(S(=O)(=O)OCC2COCCOCCOCCO2)cc1. The van der Waals surface area contributed by atoms with Crippen LogP contribution in [0, 0.1) is 6.92 Å². The maximum Gasteiger partial charge on any atom is 0.297 e. The van der Waals surface area contributed by atoms with Crippen molar-refractivity contribution in [2.45, 2.75) is 17.9 Å². The lowest BCUT2D eigenvalue weighted by Crippen LogP contribution is -2.30. The molecule has 1 heterocycles. The van der Waals surface area contributed by atoms with Crippen molar-refractivity contribution in [3.05, 3.63) is 29.8 Å². The van der Waals surface area contributed by atoms with E-state index < -0.39 is 16.2 Å². The third kappa shape index (κ3) is 6.84. The number of aryl methyl sites for hydroxylation is 1. The molecule has 0 aromatic heterocycles. The van der Waals surface area contributed by atoms with Crippen LogP contribution in [0.15, 0.2) is 29.2 Å². The van der Waals surface area contributed by atoms with Crippen molar-refractivity contribution in [3.8, 4) is 0 Å². The van der Waals surface area contributed by atoms with Crippen molar-refractivity contribution in [2.75, 3.05) is 52.9 Å². The Labute approximate surface area is 142 Å². The van der Waals surface area contributed by atoms with Gasteiger partial charge in [0, 0.05) is 0 Å². The van der Waals surface area contributed by atoms with E-state index >= 15 is 0 Å². The normalized spacial score (nSPS) is 21.6. The molecule has 0 saturated carbocycles. The fraction of sp³-hybridized carbons (Fsp3) is 0.625. The summed E-state index contributed by atoms with van der Waals surface area (Å²) in [4.78, 5) is 0.124. The number of rotatable bonds is 4. The van der Waals surface area contributed by atoms with E-state index in [1.807, 2.05) is 6.92 Å². The van der Waals surface area contributed by atoms with Gasteiger partial charge < -0.3 is 18.9 Å². The molecule has 7 nitrogen and oxygen atoms in total. The zero-order chi connectivity index (χ0) is 17.3. The smallest absolute Gasteiger partial charge is 0.297 e. The van der Waals surface area contributed by atoms with Crippen LogP contribution >= 0.6 is 0 Å². The molecule has 1 atom stereocenters. The van der Waals surface area contributed by atoms with Crippen molar-refractivity contribution >= 4 is 10.1 Å². The summed E-state index contributed by atoms with van der Waals surface area (Å²) in [5, 5.41) is 0. The minimum Gasteiger partial charge on any atom is -0.377 e. The molecule has 1 aliphatic heterocycles. The first kappa shape index (κ1) is 19.3. The molecule has 1 fully saturated rings. The molecule has 1 aromatic carbocycles. The van der Waals surface area contributed by atoms with E-state index in [4.69, 9.17) is 23.1 Å². The Balaban J connectivity index is 1.87. The molecule has 0 spiro atoms. The molecule has 1 unspecified atom stereocenters. The molecule has 2 rings (SSSR count). The van der Waals surface area contributed by atoms with Crippen LogP contribution in [0.3, 0.4) is 0 Å². The molecule has 1 aromatic rings. The van der Waals surface area contributed by atoms with Crippen LogP contribution in [0.4, 0.5) is 0 Å². The number of ether oxygens (including phenoxy) is 4. The summed E-state index contributed by atoms with van der Waals surface area (Å²) in [6, 6.07) is 6.49. The molecule has 0 bridgehead atoms. The fourth-order valence-electron chi connectivity index (χ4n) is 2.01. The van der Waals surface area contributed by atoms with E-state index in [-0.39, 0.29) is 18.1 Å². The van der Waals surface area contributed by atoms with Crippen LogP contribution in [0.5, 0.6) is 0 Å². The van der Waals surface area contributed by atoms with Crippen molar-refractivity contribution in [3.63, 3.8) is 0 Å². The molecular formula is C16H24O7S. The monoisotopic (exact) mass is 360 g/mol. The second-order valence-corrected chi connectivity index (χ2v) is 6.96. The predicted octanol–water partition coefficient (Wildman–Crippen LogP) is 1.15. The summed E-state index contributed by atoms with van der Waals surface area (Å²) in [6.45, 7) is 4.62. The topological polar surface area (TPSA) is 80.3 Å². The second-order valence-electron chi connectivity index (χ2n) is 5.34. The summed E-state index contributed by atoms with van der Waals surface area (Å²) in [6.07, 6.45) is -0.492. The van der Waals surface area contributed by atoms with Crippen LogP contribution in [-0.2, 0) is 33.2 Å². The van der Waals surface area contributed by atoms with E-state index in [0.717, 1.165) is 5.56 Å². The quantitative estimate of drug-likeness (QED) is 0.745. The van der Waals surface area contributed by atoms with Gasteiger partial charge in [-0.25, -0.2) is 0 Å². The fourth-order valence-corrected chi connectivity index (χ4v) is 2.95. The van der Waals surface area contributed by atoms with Crippen LogP contribution in [0.25, 0.3) is 0 Å². The molecule has 0 N–H and O–H groups in total. The maximum absolute atomic E-state index is 12.2. The number of hydrogen-bond donors (Lipinski definition) is 0. The zero-order valence-corrected chi connectivity index (χ0v) is 14.6. The van der Waals surface area contributed by atoms with Crippen LogP contribution in [-0.4, -0.2) is 67.4 Å². The van der Waals surface area contributed by atoms with Gasteiger partial charge in [-0.15, -0.1) is 0 Å². The summed E-state index contributed by atoms with van der Waals surface area (Å²) in [7, 11) is -3.82. The van der Waals surface area contributed by atoms with Gasteiger partial charge in [0.25, 0.3) is 10.1 Å². The summed E-state index contributed by atoms with van der Waals surface area (Å²) in [5.74, 6) is 0. The summed E-state index contributed by atoms with van der Waals surface area (Å²) in [5.41, 5.74) is 0.979. The molecule has 0 amide bonds. The standard InChI is InChI=1S/C16H24O7S/c1-14-2-4-16(5-3-14)24(17,18)23-13-15-12-21-9-8-19-6-7-20-10-11-22-15/h2-5,15H,6-13H2,1H3. The molecule has 8 heteroatoms. The van der Waals surface area contributed by atoms with E-state index in [1.54, 1.807) is 12.1 Å². The minimum absolute atomic E-state index is 0.114. The number of benzene rings is 1. The Bertz CT molecular complexity index is 559. The largest absolute Gasteiger partial charge is 0.377 e. The summed E-state index contributed by atoms with van der Waals surface area (Å²) < 4.78 is 51.2. The van der Waals surface area contributed by atoms with E-state index in [1.165, 1.54) is 12.1 Å². The van der Waals surface area contributed by atoms with Gasteiger partial charge in [0.2, 0.25) is 0 Å². The van der Waals surface area contributed by atoms with Crippen LogP contribution < -0.4 is 0 Å². The highest BCUT2D eigenvalue weighted by Gasteiger charge is 2.19. The van der Waals surface area contributed by atoms with Crippen molar-refractivity contribution in [1.29, 1.82) is 0 Å². The minimum atomic E-state index is -3.82. The van der Waals surface area contributed by atoms with E-state index in [9.17, 15) is 8.42 Å². The molecule has 136 valence electrons. The average molecular weight is 360 g/mol. The van der Waals surface area contributed by atoms with Crippen molar-refractivity contribution in [1.82, 2.24) is 0 Å². The first-order chi connectivity index (χ1) is 11.6. The van der Waals surface area contributed by atoms with Crippen LogP contribution in [0.1, 0.15) is 5.56 Å². The first-order valence-corrected chi connectivity index (χ1v) is 9.30. The molecule has 1 saturated heterocycles. The Morgan fingerprint density at radius 1 is 0.958 bits per heavy atom. The lowest BCUT2D eigenvalue weighted by molar-refractivity contribution is -0.0768. The maximum atomic E-state index is 12.2. The highest BCUT2D eigenvalue weighted by Crippen LogP contribution is 2.14. The number of hydrogen-bond acceptors (Lipinski definition) is 7. The second kappa shape index (κ2) is 10.1. The van der Waals surface area contributed by atoms with Crippen molar-refractivity contribution < 1.29 is 31.5 Å². The van der Waals surface area contributed by atoms with Gasteiger partial charge >= 0.3 is 0 Å². The van der Waals surface area contributed by atoms with Gasteiger partial charge in [0.1, 0.15) is 6.10 Å². The average Bonchev–Trinajstić information content (AvgIpc) is 2.55. The molecule has 1 aliphatic rings. The molecule has 0 radical (unpaired) electrons. The van der Waals surface area contributed by atoms with Crippen LogP contribution in [0.2, 0.25) is 0 Å². The third-order valence-corrected chi connectivity index (χ3v) is 4.64. The van der Waals surface area contributed by atoms with Gasteiger partial charge in [-0.3, -0.25) is 4.18 Å². The lowest BCUT2D eigenvalue weighted by atomic mass is 10.2. The van der Waals surface area contributed by atoms with Crippen molar-refractivity contribution in [2.24, 2.45) is 0 Å². The Morgan fingerprint density at radius 3 is 2.21 bits per heavy atom. The zero-order valence-electron chi connectivity index (χ0n) is 13.8. The Morgan fingerprint density at radius 2 is 1.54 bits per heavy atom. The molecular weight excluding hydrogens is 336 g/mol. The summed E-state index contributed by atoms with van der Waals surface area (Å²) >= 11 is 0. The lowest BCUT2D eigenvalue weighted by Gasteiger charge is -2.19. The van der Waals surface area contributed by atoms with E-state index in [0.29, 0.717) is 39.6 Å². The van der Waals surface area contributed by atoms with Gasteiger partial charge in [-0.2, -0.15) is 8.42 Å². The van der Waals surface area contributed by atoms with E-state index in [2.05, 4.69) is 0 Å². The first-order valence-electron chi connectivity index (χ1n) is 7.89. The Kier molecular flexibility index (Phi) is 8.10. The Hall–Kier alpha value is -1.03. The predicted molar refractivity (Wildman–Crippen MR) is 86.5 cm³/mol. The van der Waals surface area contributed by atoms with Gasteiger partial charge in [0.05, 0.1) is 57.8 Å². The highest BCUT2D eigenvalue weighted by atomic mass is 32.2. The molecule has 0 aliphatic carbocycles. The van der Waals surface area contributed by atoms with Gasteiger partial charge in [-0.05, 0) is 19.1 Å². The highest BCUT2D eigenvalue weighted by molar-refractivity contribution is 7.86. The van der Waals surface area contributed by atoms with Gasteiger partial charge in [0.15, 0.2) is 0 Å². The third-order valence-electron chi connectivity index (χ3n) is 3.35.